The van der Waals surface area contributed by atoms with Gasteiger partial charge >= 0.3 is 12.1 Å². The highest BCUT2D eigenvalue weighted by molar-refractivity contribution is 5.96. The second-order valence-corrected chi connectivity index (χ2v) is 11.7. The average molecular weight is 663 g/mol. The zero-order valence-electron chi connectivity index (χ0n) is 27.2. The molecule has 0 aliphatic heterocycles. The van der Waals surface area contributed by atoms with Crippen molar-refractivity contribution in [1.82, 2.24) is 16.0 Å². The average Bonchev–Trinajstić information content (AvgIpc) is 3.06. The Labute approximate surface area is 279 Å². The van der Waals surface area contributed by atoms with E-state index >= 15 is 0 Å². The summed E-state index contributed by atoms with van der Waals surface area (Å²) in [4.78, 5) is 64.8. The van der Waals surface area contributed by atoms with Crippen LogP contribution >= 0.6 is 0 Å². The van der Waals surface area contributed by atoms with Crippen LogP contribution in [0.1, 0.15) is 37.5 Å². The van der Waals surface area contributed by atoms with Crippen LogP contribution < -0.4 is 21.7 Å². The number of hydrogen-bond acceptors (Lipinski definition) is 9. The highest BCUT2D eigenvalue weighted by Crippen LogP contribution is 2.10. The predicted molar refractivity (Wildman–Crippen MR) is 175 cm³/mol. The number of hydrogen-bond donors (Lipinski definition) is 4. The zero-order valence-corrected chi connectivity index (χ0v) is 27.2. The normalized spacial score (nSPS) is 12.9. The molecule has 3 atom stereocenters. The summed E-state index contributed by atoms with van der Waals surface area (Å²) >= 11 is 0. The van der Waals surface area contributed by atoms with Gasteiger partial charge in [-0.2, -0.15) is 0 Å². The van der Waals surface area contributed by atoms with Crippen LogP contribution in [0.2, 0.25) is 0 Å². The Kier molecular flexibility index (Phi) is 14.5. The number of amides is 4. The van der Waals surface area contributed by atoms with Crippen LogP contribution in [-0.2, 0) is 57.9 Å². The fourth-order valence-electron chi connectivity index (χ4n) is 4.20. The number of carbonyl (C=O) groups excluding carboxylic acids is 5. The molecular formula is C35H42N4O9. The Morgan fingerprint density at radius 2 is 1.25 bits per heavy atom. The fourth-order valence-corrected chi connectivity index (χ4v) is 4.20. The molecule has 0 aliphatic rings. The van der Waals surface area contributed by atoms with Crippen molar-refractivity contribution in [2.45, 2.75) is 64.4 Å². The Balaban J connectivity index is 1.80. The van der Waals surface area contributed by atoms with Crippen molar-refractivity contribution in [3.63, 3.8) is 0 Å². The quantitative estimate of drug-likeness (QED) is 0.158. The minimum atomic E-state index is -1.72. The number of alkyl carbamates (subject to hydrolysis) is 1. The molecule has 0 unspecified atom stereocenters. The molecule has 13 heteroatoms. The van der Waals surface area contributed by atoms with Gasteiger partial charge in [0.2, 0.25) is 17.7 Å². The molecule has 0 radical (unpaired) electrons. The smallest absolute Gasteiger partial charge is 0.408 e. The molecule has 5 N–H and O–H groups in total. The molecule has 3 aromatic rings. The van der Waals surface area contributed by atoms with Crippen LogP contribution in [0.4, 0.5) is 4.79 Å². The van der Waals surface area contributed by atoms with Crippen molar-refractivity contribution in [2.75, 3.05) is 13.2 Å². The molecule has 13 nitrogen and oxygen atoms in total. The second kappa shape index (κ2) is 18.8. The third-order valence-corrected chi connectivity index (χ3v) is 6.47. The number of carbonyl (C=O) groups is 5. The molecule has 0 heterocycles. The number of ether oxygens (including phenoxy) is 4. The van der Waals surface area contributed by atoms with Crippen LogP contribution in [-0.4, -0.2) is 66.7 Å². The Bertz CT molecular complexity index is 1480. The van der Waals surface area contributed by atoms with E-state index in [1.54, 1.807) is 75.4 Å². The minimum Gasteiger partial charge on any atom is -0.459 e. The standard InChI is InChI=1S/C35H42N4O9/c1-35(2,3)48-34(44)37-19-28(40)39-29(30(31(36)41)46-21-25-15-9-5-10-16-25)32(42)38-27(23-45-20-24-13-7-4-8-14-24)33(43)47-22-26-17-11-6-12-18-26/h4-18,27,29-30H,19-23H2,1-3H3,(H2,36,41)(H,37,44)(H,38,42)(H,39,40)/t27-,29-,30-/m0/s1. The van der Waals surface area contributed by atoms with Gasteiger partial charge in [-0.05, 0) is 37.5 Å². The van der Waals surface area contributed by atoms with Crippen LogP contribution in [0, 0.1) is 0 Å². The SMILES string of the molecule is CC(C)(C)OC(=O)NCC(=O)N[C@H](C(=O)N[C@@H](COCc1ccccc1)C(=O)OCc1ccccc1)[C@H](OCc1ccccc1)C(N)=O. The van der Waals surface area contributed by atoms with Gasteiger partial charge in [-0.15, -0.1) is 0 Å². The maximum atomic E-state index is 13.8. The van der Waals surface area contributed by atoms with Crippen LogP contribution in [0.25, 0.3) is 0 Å². The molecule has 0 fully saturated rings. The first kappa shape index (κ1) is 37.2. The number of esters is 1. The molecule has 3 rings (SSSR count). The van der Waals surface area contributed by atoms with E-state index in [1.165, 1.54) is 0 Å². The summed E-state index contributed by atoms with van der Waals surface area (Å²) in [5.41, 5.74) is 7.04. The molecule has 3 aromatic carbocycles. The van der Waals surface area contributed by atoms with Crippen molar-refractivity contribution in [2.24, 2.45) is 5.73 Å². The number of nitrogens with two attached hydrogens (primary N) is 1. The molecule has 256 valence electrons. The van der Waals surface area contributed by atoms with Gasteiger partial charge in [0.1, 0.15) is 24.8 Å². The van der Waals surface area contributed by atoms with Gasteiger partial charge in [0.05, 0.1) is 19.8 Å². The Morgan fingerprint density at radius 1 is 0.729 bits per heavy atom. The third kappa shape index (κ3) is 13.6. The van der Waals surface area contributed by atoms with Crippen LogP contribution in [0.15, 0.2) is 91.0 Å². The van der Waals surface area contributed by atoms with E-state index in [4.69, 9.17) is 24.7 Å². The molecule has 48 heavy (non-hydrogen) atoms. The van der Waals surface area contributed by atoms with Gasteiger partial charge in [-0.25, -0.2) is 9.59 Å². The lowest BCUT2D eigenvalue weighted by atomic mass is 10.1. The van der Waals surface area contributed by atoms with Crippen molar-refractivity contribution < 1.29 is 42.9 Å². The first-order chi connectivity index (χ1) is 22.9. The monoisotopic (exact) mass is 662 g/mol. The molecule has 0 aromatic heterocycles. The van der Waals surface area contributed by atoms with Crippen molar-refractivity contribution in [3.8, 4) is 0 Å². The lowest BCUT2D eigenvalue weighted by Crippen LogP contribution is -2.61. The number of nitrogens with one attached hydrogen (secondary N) is 3. The van der Waals surface area contributed by atoms with Crippen molar-refractivity contribution in [3.05, 3.63) is 108 Å². The van der Waals surface area contributed by atoms with Crippen molar-refractivity contribution in [1.29, 1.82) is 0 Å². The second-order valence-electron chi connectivity index (χ2n) is 11.7. The summed E-state index contributed by atoms with van der Waals surface area (Å²) in [6.45, 7) is 3.96. The minimum absolute atomic E-state index is 0.0780. The van der Waals surface area contributed by atoms with E-state index in [9.17, 15) is 24.0 Å². The summed E-state index contributed by atoms with van der Waals surface area (Å²) in [7, 11) is 0. The first-order valence-electron chi connectivity index (χ1n) is 15.2. The van der Waals surface area contributed by atoms with Gasteiger partial charge in [-0.1, -0.05) is 91.0 Å². The maximum Gasteiger partial charge on any atom is 0.408 e. The van der Waals surface area contributed by atoms with Gasteiger partial charge in [0, 0.05) is 0 Å². The van der Waals surface area contributed by atoms with E-state index in [0.29, 0.717) is 11.1 Å². The van der Waals surface area contributed by atoms with Crippen LogP contribution in [0.3, 0.4) is 0 Å². The van der Waals surface area contributed by atoms with E-state index in [2.05, 4.69) is 16.0 Å². The van der Waals surface area contributed by atoms with Crippen LogP contribution in [0.5, 0.6) is 0 Å². The zero-order chi connectivity index (χ0) is 34.9. The van der Waals surface area contributed by atoms with E-state index in [-0.39, 0.29) is 26.4 Å². The van der Waals surface area contributed by atoms with Gasteiger partial charge < -0.3 is 40.6 Å². The molecule has 0 saturated heterocycles. The van der Waals surface area contributed by atoms with E-state index in [0.717, 1.165) is 5.56 Å². The topological polar surface area (TPSA) is 184 Å². The Hall–Kier alpha value is -5.27. The van der Waals surface area contributed by atoms with Crippen molar-refractivity contribution >= 4 is 29.8 Å². The molecule has 0 aliphatic carbocycles. The third-order valence-electron chi connectivity index (χ3n) is 6.47. The lowest BCUT2D eigenvalue weighted by molar-refractivity contribution is -0.152. The lowest BCUT2D eigenvalue weighted by Gasteiger charge is -2.27. The summed E-state index contributed by atoms with van der Waals surface area (Å²) in [5.74, 6) is -3.73. The number of rotatable bonds is 17. The summed E-state index contributed by atoms with van der Waals surface area (Å²) in [5, 5.41) is 7.21. The number of primary amides is 1. The summed E-state index contributed by atoms with van der Waals surface area (Å²) in [6.07, 6.45) is -2.55. The maximum absolute atomic E-state index is 13.8. The molecule has 0 spiro atoms. The molecular weight excluding hydrogens is 620 g/mol. The van der Waals surface area contributed by atoms with E-state index in [1.807, 2.05) is 36.4 Å². The Morgan fingerprint density at radius 3 is 1.77 bits per heavy atom. The fraction of sp³-hybridized carbons (Fsp3) is 0.343. The number of benzene rings is 3. The van der Waals surface area contributed by atoms with Gasteiger partial charge in [0.15, 0.2) is 12.1 Å². The highest BCUT2D eigenvalue weighted by Gasteiger charge is 2.37. The largest absolute Gasteiger partial charge is 0.459 e. The molecule has 0 bridgehead atoms. The first-order valence-corrected chi connectivity index (χ1v) is 15.2. The van der Waals surface area contributed by atoms with E-state index < -0.39 is 60.1 Å². The van der Waals surface area contributed by atoms with Gasteiger partial charge in [0.25, 0.3) is 0 Å². The predicted octanol–water partition coefficient (Wildman–Crippen LogP) is 2.51. The van der Waals surface area contributed by atoms with Gasteiger partial charge in [-0.3, -0.25) is 14.4 Å². The highest BCUT2D eigenvalue weighted by atomic mass is 16.6. The summed E-state index contributed by atoms with van der Waals surface area (Å²) < 4.78 is 22.1. The molecule has 0 saturated carbocycles. The molecule has 4 amide bonds. The summed E-state index contributed by atoms with van der Waals surface area (Å²) in [6, 6.07) is 23.8.